The van der Waals surface area contributed by atoms with Crippen molar-refractivity contribution in [3.05, 3.63) is 29.1 Å². The number of hydrogen-bond acceptors (Lipinski definition) is 3. The van der Waals surface area contributed by atoms with Crippen LogP contribution >= 0.6 is 11.6 Å². The van der Waals surface area contributed by atoms with Gasteiger partial charge in [-0.05, 0) is 12.8 Å². The Labute approximate surface area is 91.3 Å². The third-order valence-corrected chi connectivity index (χ3v) is 2.41. The summed E-state index contributed by atoms with van der Waals surface area (Å²) in [7, 11) is 0. The number of halogens is 1. The largest absolute Gasteiger partial charge is 0.350 e. The van der Waals surface area contributed by atoms with Crippen molar-refractivity contribution in [2.24, 2.45) is 0 Å². The van der Waals surface area contributed by atoms with E-state index in [1.165, 1.54) is 9.08 Å². The molecule has 0 unspecified atom stereocenters. The second-order valence-corrected chi connectivity index (χ2v) is 3.58. The van der Waals surface area contributed by atoms with Gasteiger partial charge in [0, 0.05) is 24.8 Å². The van der Waals surface area contributed by atoms with E-state index < -0.39 is 0 Å². The highest BCUT2D eigenvalue weighted by Gasteiger charge is 2.04. The molecular formula is C9H11ClN4O. The minimum atomic E-state index is -0.123. The first-order chi connectivity index (χ1) is 7.33. The molecule has 0 aliphatic carbocycles. The topological polar surface area (TPSA) is 52.2 Å². The molecule has 0 saturated heterocycles. The van der Waals surface area contributed by atoms with Gasteiger partial charge in [0.15, 0.2) is 5.65 Å². The molecule has 0 aliphatic rings. The Morgan fingerprint density at radius 3 is 3.00 bits per heavy atom. The van der Waals surface area contributed by atoms with Crippen LogP contribution in [0.25, 0.3) is 5.65 Å². The molecule has 2 aromatic heterocycles. The summed E-state index contributed by atoms with van der Waals surface area (Å²) in [5, 5.41) is 4.15. The van der Waals surface area contributed by atoms with Crippen molar-refractivity contribution in [1.82, 2.24) is 19.2 Å². The van der Waals surface area contributed by atoms with Gasteiger partial charge >= 0.3 is 5.69 Å². The molecule has 80 valence electrons. The van der Waals surface area contributed by atoms with Gasteiger partial charge in [-0.3, -0.25) is 4.98 Å². The van der Waals surface area contributed by atoms with E-state index in [4.69, 9.17) is 11.6 Å². The van der Waals surface area contributed by atoms with Crippen LogP contribution in [0.3, 0.4) is 0 Å². The number of unbranched alkanes of at least 4 members (excludes halogenated alkanes) is 1. The standard InChI is InChI=1S/C9H11ClN4O/c10-3-1-2-5-14-9(15)13-6-4-11-7-8(13)12-14/h4,6-7H,1-3,5H2. The minimum Gasteiger partial charge on any atom is -0.259 e. The van der Waals surface area contributed by atoms with E-state index >= 15 is 0 Å². The third kappa shape index (κ3) is 2.02. The summed E-state index contributed by atoms with van der Waals surface area (Å²) in [6.07, 6.45) is 6.50. The summed E-state index contributed by atoms with van der Waals surface area (Å²) in [5.41, 5.74) is 0.454. The van der Waals surface area contributed by atoms with Crippen LogP contribution in [-0.2, 0) is 6.54 Å². The van der Waals surface area contributed by atoms with Crippen LogP contribution in [0.15, 0.2) is 23.4 Å². The highest BCUT2D eigenvalue weighted by Crippen LogP contribution is 1.96. The lowest BCUT2D eigenvalue weighted by Gasteiger charge is -1.95. The van der Waals surface area contributed by atoms with Gasteiger partial charge in [-0.2, -0.15) is 0 Å². The van der Waals surface area contributed by atoms with Crippen molar-refractivity contribution >= 4 is 17.2 Å². The lowest BCUT2D eigenvalue weighted by molar-refractivity contribution is 0.555. The molecule has 2 aromatic rings. The average Bonchev–Trinajstić information content (AvgIpc) is 2.57. The molecule has 6 heteroatoms. The maximum absolute atomic E-state index is 11.7. The van der Waals surface area contributed by atoms with E-state index in [2.05, 4.69) is 10.1 Å². The molecule has 0 aliphatic heterocycles. The van der Waals surface area contributed by atoms with Gasteiger partial charge in [-0.25, -0.2) is 13.9 Å². The Kier molecular flexibility index (Phi) is 3.01. The fourth-order valence-electron chi connectivity index (χ4n) is 1.38. The van der Waals surface area contributed by atoms with Crippen LogP contribution in [0.1, 0.15) is 12.8 Å². The maximum Gasteiger partial charge on any atom is 0.350 e. The summed E-state index contributed by atoms with van der Waals surface area (Å²) < 4.78 is 2.93. The zero-order chi connectivity index (χ0) is 10.7. The molecule has 0 atom stereocenters. The normalized spacial score (nSPS) is 11.0. The molecule has 0 amide bonds. The molecule has 0 radical (unpaired) electrons. The average molecular weight is 227 g/mol. The zero-order valence-corrected chi connectivity index (χ0v) is 8.89. The smallest absolute Gasteiger partial charge is 0.259 e. The molecule has 5 nitrogen and oxygen atoms in total. The minimum absolute atomic E-state index is 0.123. The molecule has 0 spiro atoms. The van der Waals surface area contributed by atoms with Crippen molar-refractivity contribution < 1.29 is 0 Å². The van der Waals surface area contributed by atoms with Gasteiger partial charge in [0.05, 0.1) is 6.20 Å². The van der Waals surface area contributed by atoms with Crippen LogP contribution in [0.2, 0.25) is 0 Å². The van der Waals surface area contributed by atoms with Crippen molar-refractivity contribution in [3.8, 4) is 0 Å². The first-order valence-electron chi connectivity index (χ1n) is 4.78. The summed E-state index contributed by atoms with van der Waals surface area (Å²) in [6.45, 7) is 0.604. The molecule has 0 fully saturated rings. The summed E-state index contributed by atoms with van der Waals surface area (Å²) in [6, 6.07) is 0. The first-order valence-corrected chi connectivity index (χ1v) is 5.31. The van der Waals surface area contributed by atoms with Gasteiger partial charge in [-0.15, -0.1) is 16.7 Å². The Bertz CT molecular complexity index is 504. The van der Waals surface area contributed by atoms with Gasteiger partial charge in [0.1, 0.15) is 0 Å². The fraction of sp³-hybridized carbons (Fsp3) is 0.444. The molecule has 0 bridgehead atoms. The molecular weight excluding hydrogens is 216 g/mol. The van der Waals surface area contributed by atoms with Crippen molar-refractivity contribution in [2.75, 3.05) is 5.88 Å². The number of hydrogen-bond donors (Lipinski definition) is 0. The Balaban J connectivity index is 2.28. The second kappa shape index (κ2) is 4.44. The molecule has 2 rings (SSSR count). The third-order valence-electron chi connectivity index (χ3n) is 2.14. The highest BCUT2D eigenvalue weighted by molar-refractivity contribution is 6.17. The van der Waals surface area contributed by atoms with Crippen LogP contribution < -0.4 is 5.69 Å². The van der Waals surface area contributed by atoms with Crippen LogP contribution in [-0.4, -0.2) is 25.0 Å². The molecule has 0 aromatic carbocycles. The van der Waals surface area contributed by atoms with Crippen molar-refractivity contribution in [3.63, 3.8) is 0 Å². The first kappa shape index (κ1) is 10.2. The van der Waals surface area contributed by atoms with Gasteiger partial charge in [-0.1, -0.05) is 0 Å². The van der Waals surface area contributed by atoms with E-state index in [9.17, 15) is 4.79 Å². The number of nitrogens with zero attached hydrogens (tertiary/aromatic N) is 4. The number of aryl methyl sites for hydroxylation is 1. The molecule has 2 heterocycles. The number of aromatic nitrogens is 4. The van der Waals surface area contributed by atoms with E-state index in [0.717, 1.165) is 12.8 Å². The fourth-order valence-corrected chi connectivity index (χ4v) is 1.57. The van der Waals surface area contributed by atoms with E-state index in [-0.39, 0.29) is 5.69 Å². The molecule has 0 saturated carbocycles. The van der Waals surface area contributed by atoms with Crippen molar-refractivity contribution in [2.45, 2.75) is 19.4 Å². The summed E-state index contributed by atoms with van der Waals surface area (Å²) in [4.78, 5) is 15.6. The van der Waals surface area contributed by atoms with Gasteiger partial charge in [0.2, 0.25) is 0 Å². The summed E-state index contributed by atoms with van der Waals surface area (Å²) in [5.74, 6) is 0.615. The number of rotatable bonds is 4. The van der Waals surface area contributed by atoms with E-state index in [1.54, 1.807) is 18.6 Å². The number of fused-ring (bicyclic) bond motifs is 1. The van der Waals surface area contributed by atoms with Crippen LogP contribution in [0, 0.1) is 0 Å². The Hall–Kier alpha value is -1.36. The van der Waals surface area contributed by atoms with Crippen molar-refractivity contribution in [1.29, 1.82) is 0 Å². The second-order valence-electron chi connectivity index (χ2n) is 3.21. The Morgan fingerprint density at radius 1 is 1.40 bits per heavy atom. The number of alkyl halides is 1. The van der Waals surface area contributed by atoms with Gasteiger partial charge < -0.3 is 0 Å². The SMILES string of the molecule is O=c1n(CCCCCl)nc2cnccn12. The Morgan fingerprint density at radius 2 is 2.27 bits per heavy atom. The molecule has 0 N–H and O–H groups in total. The highest BCUT2D eigenvalue weighted by atomic mass is 35.5. The van der Waals surface area contributed by atoms with E-state index in [0.29, 0.717) is 18.1 Å². The lowest BCUT2D eigenvalue weighted by atomic mass is 10.3. The quantitative estimate of drug-likeness (QED) is 0.575. The monoisotopic (exact) mass is 226 g/mol. The zero-order valence-electron chi connectivity index (χ0n) is 8.14. The predicted octanol–water partition coefficient (Wildman–Crippen LogP) is 0.910. The van der Waals surface area contributed by atoms with Gasteiger partial charge in [0.25, 0.3) is 0 Å². The van der Waals surface area contributed by atoms with Crippen LogP contribution in [0.4, 0.5) is 0 Å². The lowest BCUT2D eigenvalue weighted by Crippen LogP contribution is -2.21. The van der Waals surface area contributed by atoms with E-state index in [1.807, 2.05) is 0 Å². The molecule has 15 heavy (non-hydrogen) atoms. The summed E-state index contributed by atoms with van der Waals surface area (Å²) >= 11 is 5.56. The maximum atomic E-state index is 11.7. The predicted molar refractivity (Wildman–Crippen MR) is 57.2 cm³/mol. The van der Waals surface area contributed by atoms with Crippen LogP contribution in [0.5, 0.6) is 0 Å².